The number of ether oxygens (including phenoxy) is 1. The Morgan fingerprint density at radius 2 is 0.690 bits per heavy atom. The first-order valence-electron chi connectivity index (χ1n) is 35.6. The minimum Gasteiger partial charge on any atom is -0.396 e. The van der Waals surface area contributed by atoms with Crippen molar-refractivity contribution in [3.63, 3.8) is 0 Å². The van der Waals surface area contributed by atoms with E-state index in [1.165, 1.54) is 251 Å². The molecule has 1 amide bonds. The van der Waals surface area contributed by atoms with Crippen LogP contribution in [0.25, 0.3) is 0 Å². The first-order valence-corrected chi connectivity index (χ1v) is 35.6. The average molecular weight is 1190 g/mol. The highest BCUT2D eigenvalue weighted by atomic mass is 19.4. The van der Waals surface area contributed by atoms with Gasteiger partial charge in [-0.1, -0.05) is 306 Å². The molecule has 2 fully saturated rings. The maximum absolute atomic E-state index is 15.1. The molecule has 4 nitrogen and oxygen atoms in total. The summed E-state index contributed by atoms with van der Waals surface area (Å²) in [7, 11) is 0. The number of carbonyl (C=O) groups is 1. The quantitative estimate of drug-likeness (QED) is 0.283. The van der Waals surface area contributed by atoms with Crippen molar-refractivity contribution in [1.82, 2.24) is 5.32 Å². The van der Waals surface area contributed by atoms with Gasteiger partial charge < -0.3 is 15.2 Å². The number of benzene rings is 2. The van der Waals surface area contributed by atoms with E-state index in [2.05, 4.69) is 5.32 Å². The molecule has 0 radical (unpaired) electrons. The highest BCUT2D eigenvalue weighted by molar-refractivity contribution is 5.88. The van der Waals surface area contributed by atoms with Gasteiger partial charge in [0, 0.05) is 19.8 Å². The number of halogens is 6. The molecule has 1 saturated heterocycles. The molecule has 1 spiro atoms. The molecule has 2 atom stereocenters. The molecule has 2 aromatic rings. The van der Waals surface area contributed by atoms with Crippen molar-refractivity contribution < 1.29 is 41.0 Å². The normalized spacial score (nSPS) is 23.7. The van der Waals surface area contributed by atoms with Crippen LogP contribution in [0.4, 0.5) is 26.3 Å². The molecule has 1 unspecified atom stereocenters. The molecule has 0 bridgehead atoms. The lowest BCUT2D eigenvalue weighted by Gasteiger charge is -2.42. The lowest BCUT2D eigenvalue weighted by Crippen LogP contribution is -2.53. The van der Waals surface area contributed by atoms with Crippen LogP contribution in [-0.2, 0) is 32.8 Å². The third-order valence-electron chi connectivity index (χ3n) is 19.9. The molecule has 1 aliphatic heterocycles. The number of amides is 1. The van der Waals surface area contributed by atoms with E-state index in [-0.39, 0.29) is 17.9 Å². The zero-order valence-corrected chi connectivity index (χ0v) is 53.5. The van der Waals surface area contributed by atoms with Gasteiger partial charge in [-0.2, -0.15) is 26.3 Å². The summed E-state index contributed by atoms with van der Waals surface area (Å²) in [6.07, 6.45) is 53.8. The van der Waals surface area contributed by atoms with Gasteiger partial charge in [0.2, 0.25) is 5.91 Å². The summed E-state index contributed by atoms with van der Waals surface area (Å²) in [5.74, 6) is -0.684. The van der Waals surface area contributed by atoms with Crippen LogP contribution < -0.4 is 5.32 Å². The maximum Gasteiger partial charge on any atom is 0.416 e. The fraction of sp³-hybridized carbons (Fsp3) is 0.824. The van der Waals surface area contributed by atoms with E-state index in [0.717, 1.165) is 82.8 Å². The van der Waals surface area contributed by atoms with Crippen LogP contribution >= 0.6 is 0 Å². The molecule has 1 aliphatic carbocycles. The van der Waals surface area contributed by atoms with Gasteiger partial charge in [-0.3, -0.25) is 4.79 Å². The summed E-state index contributed by atoms with van der Waals surface area (Å²) in [6.45, 7) is 2.14. The van der Waals surface area contributed by atoms with Crippen LogP contribution in [0.5, 0.6) is 0 Å². The number of aliphatic hydroxyl groups is 1. The van der Waals surface area contributed by atoms with Gasteiger partial charge in [-0.15, -0.1) is 0 Å². The average Bonchev–Trinajstić information content (AvgIpc) is 1.83. The topological polar surface area (TPSA) is 58.6 Å². The predicted molar refractivity (Wildman–Crippen MR) is 340 cm³/mol. The number of hydrogen-bond acceptors (Lipinski definition) is 3. The van der Waals surface area contributed by atoms with Crippen LogP contribution in [0.3, 0.4) is 0 Å². The van der Waals surface area contributed by atoms with Gasteiger partial charge >= 0.3 is 12.4 Å². The number of hydrogen-bond donors (Lipinski definition) is 2. The Morgan fingerprint density at radius 1 is 0.405 bits per heavy atom. The van der Waals surface area contributed by atoms with E-state index in [1.54, 1.807) is 0 Å². The minimum absolute atomic E-state index is 0.0945. The summed E-state index contributed by atoms with van der Waals surface area (Å²) in [6, 6.07) is 11.2. The summed E-state index contributed by atoms with van der Waals surface area (Å²) >= 11 is 0. The third kappa shape index (κ3) is 31.0. The van der Waals surface area contributed by atoms with Gasteiger partial charge in [0.1, 0.15) is 0 Å². The van der Waals surface area contributed by atoms with Crippen LogP contribution in [0.1, 0.15) is 363 Å². The van der Waals surface area contributed by atoms with E-state index < -0.39 is 52.5 Å². The van der Waals surface area contributed by atoms with Gasteiger partial charge in [0.15, 0.2) is 0 Å². The van der Waals surface area contributed by atoms with Gasteiger partial charge in [-0.05, 0) is 99.5 Å². The molecule has 2 aliphatic rings. The Balaban J connectivity index is 1.36. The van der Waals surface area contributed by atoms with Crippen LogP contribution in [0.15, 0.2) is 48.5 Å². The molecule has 10 heteroatoms. The van der Waals surface area contributed by atoms with Crippen LogP contribution in [0, 0.1) is 5.41 Å². The van der Waals surface area contributed by atoms with Crippen molar-refractivity contribution in [2.24, 2.45) is 5.41 Å². The number of carbonyl (C=O) groups excluding carboxylic acids is 1. The van der Waals surface area contributed by atoms with Crippen molar-refractivity contribution in [3.8, 4) is 0 Å². The fourth-order valence-corrected chi connectivity index (χ4v) is 14.2. The smallest absolute Gasteiger partial charge is 0.396 e. The zero-order valence-electron chi connectivity index (χ0n) is 53.5. The standard InChI is InChI=1S/C74H123F6NO3/c1-70(58-59-82,66-62-67(73(75,76)77)64-68(63-66)74(78,79)80)69(83)81-72(65-50-42-40-43-51-65)55-45-41-49-61-84-60-48-39-37-35-33-31-29-27-25-23-21-19-17-15-13-11-9-7-5-3-2-4-6-8-10-12-14-16-18-20-22-24-26-28-30-32-34-36-38-44-52-71(56-57-72)53-46-47-54-71/h40,42-43,50-51,62-64,82H,2-39,41,44-49,52-61H2,1H3,(H,81,83)/t70-,72?/m0/s1. The lowest BCUT2D eigenvalue weighted by molar-refractivity contribution is -0.143. The number of rotatable bonds is 6. The van der Waals surface area contributed by atoms with Gasteiger partial charge in [0.05, 0.1) is 22.1 Å². The Labute approximate surface area is 510 Å². The molecular formula is C74H123F6NO3. The zero-order chi connectivity index (χ0) is 60.3. The molecule has 1 heterocycles. The number of nitrogens with one attached hydrogen (secondary N) is 1. The monoisotopic (exact) mass is 1190 g/mol. The van der Waals surface area contributed by atoms with E-state index in [0.29, 0.717) is 31.6 Å². The molecule has 484 valence electrons. The predicted octanol–water partition coefficient (Wildman–Crippen LogP) is 24.3. The summed E-state index contributed by atoms with van der Waals surface area (Å²) in [5, 5.41) is 13.8. The SMILES string of the molecule is C[C@@](CCO)(C(=O)NC1(c2ccccc2)CCCCCOCCCCCCCCCCCCCCCCCCCCCCCCCCCCCCCCCCCCCCCCCCC2(CCCC2)CC1)c1cc(C(F)(F)F)cc(C(F)(F)F)c1. The summed E-state index contributed by atoms with van der Waals surface area (Å²) < 4.78 is 91.9. The van der Waals surface area contributed by atoms with E-state index in [4.69, 9.17) is 4.74 Å². The molecule has 4 rings (SSSR count). The lowest BCUT2D eigenvalue weighted by atomic mass is 9.70. The number of alkyl halides is 6. The molecule has 0 aromatic heterocycles. The molecule has 1 saturated carbocycles. The van der Waals surface area contributed by atoms with Crippen molar-refractivity contribution in [2.45, 2.75) is 364 Å². The highest BCUT2D eigenvalue weighted by Crippen LogP contribution is 2.49. The molecule has 84 heavy (non-hydrogen) atoms. The Bertz CT molecular complexity index is 1880. The molecular weight excluding hydrogens is 1060 g/mol. The van der Waals surface area contributed by atoms with Crippen molar-refractivity contribution in [2.75, 3.05) is 19.8 Å². The molecule has 2 aromatic carbocycles. The first-order chi connectivity index (χ1) is 40.7. The molecule has 2 N–H and O–H groups in total. The second-order valence-corrected chi connectivity index (χ2v) is 27.0. The summed E-state index contributed by atoms with van der Waals surface area (Å²) in [4.78, 5) is 15.1. The fourth-order valence-electron chi connectivity index (χ4n) is 14.2. The number of aliphatic hydroxyl groups excluding tert-OH is 1. The third-order valence-corrected chi connectivity index (χ3v) is 19.9. The van der Waals surface area contributed by atoms with E-state index in [9.17, 15) is 31.4 Å². The minimum atomic E-state index is -5.09. The van der Waals surface area contributed by atoms with E-state index in [1.807, 2.05) is 30.3 Å². The van der Waals surface area contributed by atoms with Crippen molar-refractivity contribution >= 4 is 5.91 Å². The van der Waals surface area contributed by atoms with Gasteiger partial charge in [-0.25, -0.2) is 0 Å². The summed E-state index contributed by atoms with van der Waals surface area (Å²) in [5.41, 5.74) is -5.26. The Hall–Kier alpha value is -2.59. The maximum atomic E-state index is 15.1. The van der Waals surface area contributed by atoms with Crippen molar-refractivity contribution in [1.29, 1.82) is 0 Å². The van der Waals surface area contributed by atoms with Crippen molar-refractivity contribution in [3.05, 3.63) is 70.8 Å². The van der Waals surface area contributed by atoms with E-state index >= 15 is 4.79 Å². The van der Waals surface area contributed by atoms with Crippen LogP contribution in [0.2, 0.25) is 0 Å². The van der Waals surface area contributed by atoms with Crippen LogP contribution in [-0.4, -0.2) is 30.8 Å². The second-order valence-electron chi connectivity index (χ2n) is 27.0. The first kappa shape index (κ1) is 73.9. The second kappa shape index (κ2) is 44.0. The van der Waals surface area contributed by atoms with Gasteiger partial charge in [0.25, 0.3) is 0 Å². The highest BCUT2D eigenvalue weighted by Gasteiger charge is 2.46. The Kier molecular flexibility index (Phi) is 38.7. The Morgan fingerprint density at radius 3 is 1.02 bits per heavy atom. The largest absolute Gasteiger partial charge is 0.416 e.